The summed E-state index contributed by atoms with van der Waals surface area (Å²) in [4.78, 5) is 42.5. The second kappa shape index (κ2) is 9.54. The summed E-state index contributed by atoms with van der Waals surface area (Å²) in [6, 6.07) is 5.09. The Morgan fingerprint density at radius 1 is 1.17 bits per heavy atom. The number of hydrogen-bond donors (Lipinski definition) is 3. The van der Waals surface area contributed by atoms with E-state index in [2.05, 4.69) is 10.6 Å². The topological polar surface area (TPSA) is 108 Å². The van der Waals surface area contributed by atoms with Gasteiger partial charge in [0.2, 0.25) is 17.7 Å². The van der Waals surface area contributed by atoms with Gasteiger partial charge in [-0.2, -0.15) is 0 Å². The number of hydrogen-bond acceptors (Lipinski definition) is 5. The molecule has 6 atom stereocenters. The van der Waals surface area contributed by atoms with Crippen LogP contribution in [0.2, 0.25) is 0 Å². The minimum atomic E-state index is -1.03. The summed E-state index contributed by atoms with van der Waals surface area (Å²) < 4.78 is 6.67. The smallest absolute Gasteiger partial charge is 0.250 e. The molecule has 192 valence electrons. The third-order valence-electron chi connectivity index (χ3n) is 8.55. The monoisotopic (exact) mass is 485 g/mol. The molecule has 1 aromatic carbocycles. The zero-order valence-electron chi connectivity index (χ0n) is 21.5. The lowest BCUT2D eigenvalue weighted by Gasteiger charge is -2.36. The molecule has 3 aliphatic heterocycles. The van der Waals surface area contributed by atoms with Crippen molar-refractivity contribution >= 4 is 23.4 Å². The minimum Gasteiger partial charge on any atom is -0.396 e. The van der Waals surface area contributed by atoms with Crippen molar-refractivity contribution in [3.05, 3.63) is 29.3 Å². The first kappa shape index (κ1) is 25.6. The van der Waals surface area contributed by atoms with E-state index in [-0.39, 0.29) is 30.2 Å². The lowest BCUT2D eigenvalue weighted by Crippen LogP contribution is -2.54. The number of carbonyl (C=O) groups excluding carboxylic acids is 3. The Morgan fingerprint density at radius 2 is 1.89 bits per heavy atom. The Bertz CT molecular complexity index is 1010. The van der Waals surface area contributed by atoms with Crippen molar-refractivity contribution in [3.8, 4) is 0 Å². The molecule has 3 fully saturated rings. The van der Waals surface area contributed by atoms with Gasteiger partial charge in [-0.15, -0.1) is 0 Å². The molecule has 0 aliphatic carbocycles. The molecule has 3 N–H and O–H groups in total. The highest BCUT2D eigenvalue weighted by Gasteiger charge is 2.79. The van der Waals surface area contributed by atoms with Crippen LogP contribution >= 0.6 is 0 Å². The highest BCUT2D eigenvalue weighted by Crippen LogP contribution is 2.65. The molecular formula is C27H39N3O5. The van der Waals surface area contributed by atoms with Crippen LogP contribution < -0.4 is 10.6 Å². The summed E-state index contributed by atoms with van der Waals surface area (Å²) in [7, 11) is 1.58. The van der Waals surface area contributed by atoms with Crippen molar-refractivity contribution in [1.29, 1.82) is 0 Å². The predicted molar refractivity (Wildman–Crippen MR) is 133 cm³/mol. The van der Waals surface area contributed by atoms with Gasteiger partial charge in [-0.1, -0.05) is 31.9 Å². The molecule has 8 heteroatoms. The fourth-order valence-corrected chi connectivity index (χ4v) is 6.65. The summed E-state index contributed by atoms with van der Waals surface area (Å²) in [6.45, 7) is 8.44. The Hall–Kier alpha value is -2.45. The fourth-order valence-electron chi connectivity index (χ4n) is 6.65. The van der Waals surface area contributed by atoms with Crippen molar-refractivity contribution in [2.45, 2.75) is 77.0 Å². The van der Waals surface area contributed by atoms with Gasteiger partial charge in [-0.3, -0.25) is 14.4 Å². The van der Waals surface area contributed by atoms with Gasteiger partial charge in [-0.05, 0) is 63.1 Å². The van der Waals surface area contributed by atoms with Gasteiger partial charge in [0.25, 0.3) is 0 Å². The number of fused-ring (bicyclic) bond motifs is 1. The number of amides is 3. The molecule has 1 spiro atoms. The highest BCUT2D eigenvalue weighted by molar-refractivity contribution is 6.04. The maximum absolute atomic E-state index is 13.9. The predicted octanol–water partition coefficient (Wildman–Crippen LogP) is 2.55. The van der Waals surface area contributed by atoms with E-state index in [0.29, 0.717) is 13.0 Å². The van der Waals surface area contributed by atoms with E-state index in [1.54, 1.807) is 11.9 Å². The van der Waals surface area contributed by atoms with Crippen molar-refractivity contribution in [2.24, 2.45) is 17.8 Å². The van der Waals surface area contributed by atoms with Crippen LogP contribution in [0.1, 0.15) is 57.1 Å². The molecule has 0 saturated carbocycles. The van der Waals surface area contributed by atoms with Gasteiger partial charge in [-0.25, -0.2) is 0 Å². The standard InChI is InChI=1S/C27H39N3O5/c1-16-10-11-17(2)19(14-16)29-24(33)22-27-15-18(3)26(4,35-27)20(23(32)28-5)21(27)25(34)30(22)12-8-6-7-9-13-31/h10-11,14,18,20-22,31H,6-9,12-13,15H2,1-5H3,(H,28,32)(H,29,33)/t18?,20-,21+,22?,26+,27?/m1/s1. The van der Waals surface area contributed by atoms with Gasteiger partial charge in [0.15, 0.2) is 0 Å². The van der Waals surface area contributed by atoms with E-state index in [4.69, 9.17) is 9.84 Å². The number of carbonyl (C=O) groups is 3. The lowest BCUT2D eigenvalue weighted by molar-refractivity contribution is -0.146. The summed E-state index contributed by atoms with van der Waals surface area (Å²) in [6.07, 6.45) is 3.70. The van der Waals surface area contributed by atoms with E-state index >= 15 is 0 Å². The third kappa shape index (κ3) is 4.04. The van der Waals surface area contributed by atoms with Crippen LogP contribution in [0.4, 0.5) is 5.69 Å². The number of aryl methyl sites for hydroxylation is 2. The van der Waals surface area contributed by atoms with Crippen LogP contribution in [0.25, 0.3) is 0 Å². The van der Waals surface area contributed by atoms with E-state index in [1.807, 2.05) is 45.9 Å². The summed E-state index contributed by atoms with van der Waals surface area (Å²) in [5.41, 5.74) is 0.864. The van der Waals surface area contributed by atoms with Crippen LogP contribution in [0, 0.1) is 31.6 Å². The zero-order chi connectivity index (χ0) is 25.5. The molecule has 3 saturated heterocycles. The largest absolute Gasteiger partial charge is 0.396 e. The number of likely N-dealkylation sites (tertiary alicyclic amines) is 1. The molecule has 8 nitrogen and oxygen atoms in total. The summed E-state index contributed by atoms with van der Waals surface area (Å²) in [5, 5.41) is 14.9. The lowest BCUT2D eigenvalue weighted by atomic mass is 9.62. The Labute approximate surface area is 207 Å². The average molecular weight is 486 g/mol. The molecule has 3 heterocycles. The highest BCUT2D eigenvalue weighted by atomic mass is 16.5. The normalized spacial score (nSPS) is 33.2. The second-order valence-electron chi connectivity index (χ2n) is 10.8. The number of ether oxygens (including phenoxy) is 1. The molecule has 4 rings (SSSR count). The maximum atomic E-state index is 13.9. The average Bonchev–Trinajstić information content (AvgIpc) is 3.32. The molecular weight excluding hydrogens is 446 g/mol. The van der Waals surface area contributed by atoms with Crippen molar-refractivity contribution in [2.75, 3.05) is 25.5 Å². The Balaban J connectivity index is 1.70. The third-order valence-corrected chi connectivity index (χ3v) is 8.55. The fraction of sp³-hybridized carbons (Fsp3) is 0.667. The Kier molecular flexibility index (Phi) is 6.99. The SMILES string of the molecule is CNC(=O)[C@H]1[C@H]2C(=O)N(CCCCCCO)C(C(=O)Nc3cc(C)ccc3C)C23CC(C)[C@]1(C)O3. The maximum Gasteiger partial charge on any atom is 0.250 e. The van der Waals surface area contributed by atoms with Gasteiger partial charge < -0.3 is 25.4 Å². The van der Waals surface area contributed by atoms with Crippen molar-refractivity contribution in [1.82, 2.24) is 10.2 Å². The van der Waals surface area contributed by atoms with Crippen LogP contribution in [0.15, 0.2) is 18.2 Å². The molecule has 1 aromatic rings. The quantitative estimate of drug-likeness (QED) is 0.466. The number of nitrogens with one attached hydrogen (secondary N) is 2. The molecule has 0 radical (unpaired) electrons. The first-order chi connectivity index (χ1) is 16.6. The minimum absolute atomic E-state index is 0.0226. The van der Waals surface area contributed by atoms with E-state index in [0.717, 1.165) is 42.5 Å². The van der Waals surface area contributed by atoms with Crippen LogP contribution in [0.3, 0.4) is 0 Å². The molecule has 35 heavy (non-hydrogen) atoms. The first-order valence-corrected chi connectivity index (χ1v) is 12.8. The van der Waals surface area contributed by atoms with Crippen LogP contribution in [-0.4, -0.2) is 65.2 Å². The first-order valence-electron chi connectivity index (χ1n) is 12.8. The van der Waals surface area contributed by atoms with Gasteiger partial charge >= 0.3 is 0 Å². The number of anilines is 1. The Morgan fingerprint density at radius 3 is 2.57 bits per heavy atom. The van der Waals surface area contributed by atoms with E-state index < -0.39 is 29.1 Å². The van der Waals surface area contributed by atoms with Crippen LogP contribution in [-0.2, 0) is 19.1 Å². The van der Waals surface area contributed by atoms with Gasteiger partial charge in [0.05, 0.1) is 17.4 Å². The molecule has 3 unspecified atom stereocenters. The zero-order valence-corrected chi connectivity index (χ0v) is 21.5. The van der Waals surface area contributed by atoms with Gasteiger partial charge in [0.1, 0.15) is 11.6 Å². The summed E-state index contributed by atoms with van der Waals surface area (Å²) >= 11 is 0. The number of aliphatic hydroxyl groups excluding tert-OH is 1. The number of unbranched alkanes of at least 4 members (excludes halogenated alkanes) is 3. The number of benzene rings is 1. The summed E-state index contributed by atoms with van der Waals surface area (Å²) in [5.74, 6) is -1.95. The van der Waals surface area contributed by atoms with Crippen LogP contribution in [0.5, 0.6) is 0 Å². The molecule has 2 bridgehead atoms. The van der Waals surface area contributed by atoms with Gasteiger partial charge in [0, 0.05) is 25.9 Å². The second-order valence-corrected chi connectivity index (χ2v) is 10.8. The molecule has 0 aromatic heterocycles. The molecule has 3 amide bonds. The van der Waals surface area contributed by atoms with E-state index in [1.165, 1.54) is 0 Å². The van der Waals surface area contributed by atoms with E-state index in [9.17, 15) is 14.4 Å². The number of aliphatic hydroxyl groups is 1. The number of nitrogens with zero attached hydrogens (tertiary/aromatic N) is 1. The number of rotatable bonds is 9. The van der Waals surface area contributed by atoms with Crippen molar-refractivity contribution in [3.63, 3.8) is 0 Å². The molecule has 3 aliphatic rings. The van der Waals surface area contributed by atoms with Crippen molar-refractivity contribution < 1.29 is 24.2 Å².